The molecule has 2 aromatic rings. The first-order valence-electron chi connectivity index (χ1n) is 8.21. The molecule has 2 rings (SSSR count). The van der Waals surface area contributed by atoms with Gasteiger partial charge >= 0.3 is 0 Å². The zero-order chi connectivity index (χ0) is 18.8. The molecule has 0 aliphatic carbocycles. The molecule has 8 heteroatoms. The minimum absolute atomic E-state index is 0. The zero-order valence-electron chi connectivity index (χ0n) is 15.6. The van der Waals surface area contributed by atoms with Crippen LogP contribution in [0.5, 0.6) is 11.5 Å². The maximum atomic E-state index is 12.0. The zero-order valence-corrected chi connectivity index (χ0v) is 17.9. The number of hydrogen-bond acceptors (Lipinski definition) is 4. The topological polar surface area (TPSA) is 84.0 Å². The van der Waals surface area contributed by atoms with Crippen molar-refractivity contribution in [3.63, 3.8) is 0 Å². The third-order valence-corrected chi connectivity index (χ3v) is 3.61. The predicted octanol–water partition coefficient (Wildman–Crippen LogP) is 2.74. The van der Waals surface area contributed by atoms with E-state index in [2.05, 4.69) is 20.9 Å². The van der Waals surface area contributed by atoms with Crippen LogP contribution in [0.1, 0.15) is 10.4 Å². The van der Waals surface area contributed by atoms with Gasteiger partial charge in [-0.25, -0.2) is 0 Å². The fourth-order valence-electron chi connectivity index (χ4n) is 2.28. The number of ether oxygens (including phenoxy) is 2. The van der Waals surface area contributed by atoms with Crippen LogP contribution in [-0.4, -0.2) is 46.2 Å². The molecule has 0 heterocycles. The van der Waals surface area contributed by atoms with Crippen molar-refractivity contribution >= 4 is 41.5 Å². The summed E-state index contributed by atoms with van der Waals surface area (Å²) in [6.07, 6.45) is 0. The Morgan fingerprint density at radius 3 is 2.26 bits per heavy atom. The summed E-state index contributed by atoms with van der Waals surface area (Å²) in [7, 11) is 4.86. The van der Waals surface area contributed by atoms with Gasteiger partial charge in [-0.2, -0.15) is 0 Å². The molecule has 2 aromatic carbocycles. The minimum Gasteiger partial charge on any atom is -0.493 e. The Bertz CT molecular complexity index is 754. The average Bonchev–Trinajstić information content (AvgIpc) is 2.70. The molecule has 0 fully saturated rings. The molecule has 0 radical (unpaired) electrons. The van der Waals surface area contributed by atoms with Crippen LogP contribution in [0, 0.1) is 0 Å². The SMILES string of the molecule is CN=C(NCCNC(=O)c1ccccc1)Nc1ccc(OC)c(OC)c1.I. The second kappa shape index (κ2) is 12.0. The number of benzene rings is 2. The monoisotopic (exact) mass is 484 g/mol. The molecule has 0 aromatic heterocycles. The number of amides is 1. The summed E-state index contributed by atoms with van der Waals surface area (Å²) < 4.78 is 10.5. The van der Waals surface area contributed by atoms with Gasteiger partial charge in [0.1, 0.15) is 0 Å². The van der Waals surface area contributed by atoms with E-state index >= 15 is 0 Å². The van der Waals surface area contributed by atoms with Gasteiger partial charge < -0.3 is 25.4 Å². The Balaban J connectivity index is 0.00000364. The van der Waals surface area contributed by atoms with Crippen LogP contribution in [0.15, 0.2) is 53.5 Å². The second-order valence-electron chi connectivity index (χ2n) is 5.32. The smallest absolute Gasteiger partial charge is 0.251 e. The highest BCUT2D eigenvalue weighted by Gasteiger charge is 2.07. The van der Waals surface area contributed by atoms with Crippen molar-refractivity contribution in [2.75, 3.05) is 39.7 Å². The van der Waals surface area contributed by atoms with Crippen LogP contribution >= 0.6 is 24.0 Å². The molecule has 0 atom stereocenters. The van der Waals surface area contributed by atoms with Gasteiger partial charge in [0.2, 0.25) is 0 Å². The van der Waals surface area contributed by atoms with E-state index in [1.807, 2.05) is 36.4 Å². The molecule has 3 N–H and O–H groups in total. The molecule has 0 aliphatic heterocycles. The van der Waals surface area contributed by atoms with Crippen molar-refractivity contribution in [3.05, 3.63) is 54.1 Å². The van der Waals surface area contributed by atoms with Crippen LogP contribution < -0.4 is 25.4 Å². The van der Waals surface area contributed by atoms with Crippen LogP contribution in [0.25, 0.3) is 0 Å². The predicted molar refractivity (Wildman–Crippen MR) is 119 cm³/mol. The van der Waals surface area contributed by atoms with Crippen molar-refractivity contribution < 1.29 is 14.3 Å². The molecule has 0 aliphatic rings. The Hall–Kier alpha value is -2.49. The van der Waals surface area contributed by atoms with E-state index in [0.29, 0.717) is 36.1 Å². The molecule has 0 saturated heterocycles. The highest BCUT2D eigenvalue weighted by Crippen LogP contribution is 2.29. The summed E-state index contributed by atoms with van der Waals surface area (Å²) in [5.41, 5.74) is 1.45. The highest BCUT2D eigenvalue weighted by molar-refractivity contribution is 14.0. The first-order valence-corrected chi connectivity index (χ1v) is 8.21. The van der Waals surface area contributed by atoms with Gasteiger partial charge in [0.25, 0.3) is 5.91 Å². The number of aliphatic imine (C=N–C) groups is 1. The summed E-state index contributed by atoms with van der Waals surface area (Å²) in [6.45, 7) is 1.01. The lowest BCUT2D eigenvalue weighted by molar-refractivity contribution is 0.0954. The molecule has 0 unspecified atom stereocenters. The van der Waals surface area contributed by atoms with Gasteiger partial charge in [-0.15, -0.1) is 24.0 Å². The summed E-state index contributed by atoms with van der Waals surface area (Å²) in [5, 5.41) is 9.16. The number of carbonyl (C=O) groups is 1. The minimum atomic E-state index is -0.102. The third-order valence-electron chi connectivity index (χ3n) is 3.61. The van der Waals surface area contributed by atoms with Gasteiger partial charge in [-0.05, 0) is 24.3 Å². The molecule has 7 nitrogen and oxygen atoms in total. The van der Waals surface area contributed by atoms with Gasteiger partial charge in [0.05, 0.1) is 14.2 Å². The van der Waals surface area contributed by atoms with E-state index in [9.17, 15) is 4.79 Å². The number of nitrogens with zero attached hydrogens (tertiary/aromatic N) is 1. The molecule has 27 heavy (non-hydrogen) atoms. The molecular weight excluding hydrogens is 459 g/mol. The number of hydrogen-bond donors (Lipinski definition) is 3. The lowest BCUT2D eigenvalue weighted by Crippen LogP contribution is -2.37. The van der Waals surface area contributed by atoms with E-state index in [0.717, 1.165) is 5.69 Å². The van der Waals surface area contributed by atoms with Crippen molar-refractivity contribution in [1.82, 2.24) is 10.6 Å². The van der Waals surface area contributed by atoms with Crippen LogP contribution in [0.2, 0.25) is 0 Å². The number of nitrogens with one attached hydrogen (secondary N) is 3. The number of methoxy groups -OCH3 is 2. The number of anilines is 1. The number of carbonyl (C=O) groups excluding carboxylic acids is 1. The maximum Gasteiger partial charge on any atom is 0.251 e. The Labute approximate surface area is 176 Å². The molecule has 1 amide bonds. The lowest BCUT2D eigenvalue weighted by Gasteiger charge is -2.14. The van der Waals surface area contributed by atoms with E-state index in [1.165, 1.54) is 0 Å². The van der Waals surface area contributed by atoms with Crippen molar-refractivity contribution in [1.29, 1.82) is 0 Å². The maximum absolute atomic E-state index is 12.0. The largest absolute Gasteiger partial charge is 0.493 e. The van der Waals surface area contributed by atoms with Gasteiger partial charge in [-0.1, -0.05) is 18.2 Å². The number of guanidine groups is 1. The number of rotatable bonds is 7. The fourth-order valence-corrected chi connectivity index (χ4v) is 2.28. The molecule has 146 valence electrons. The van der Waals surface area contributed by atoms with E-state index in [-0.39, 0.29) is 29.9 Å². The molecule has 0 bridgehead atoms. The Morgan fingerprint density at radius 1 is 0.963 bits per heavy atom. The normalized spacial score (nSPS) is 10.4. The highest BCUT2D eigenvalue weighted by atomic mass is 127. The van der Waals surface area contributed by atoms with Crippen LogP contribution in [0.3, 0.4) is 0 Å². The molecule has 0 saturated carbocycles. The van der Waals surface area contributed by atoms with E-state index < -0.39 is 0 Å². The molecular formula is C19H25IN4O3. The Morgan fingerprint density at radius 2 is 1.63 bits per heavy atom. The fraction of sp³-hybridized carbons (Fsp3) is 0.263. The second-order valence-corrected chi connectivity index (χ2v) is 5.32. The van der Waals surface area contributed by atoms with E-state index in [1.54, 1.807) is 33.4 Å². The Kier molecular flexibility index (Phi) is 10.0. The summed E-state index contributed by atoms with van der Waals surface area (Å²) in [4.78, 5) is 16.1. The average molecular weight is 484 g/mol. The van der Waals surface area contributed by atoms with Crippen molar-refractivity contribution in [2.24, 2.45) is 4.99 Å². The van der Waals surface area contributed by atoms with Gasteiger partial charge in [0, 0.05) is 37.5 Å². The molecule has 0 spiro atoms. The van der Waals surface area contributed by atoms with Crippen LogP contribution in [-0.2, 0) is 0 Å². The summed E-state index contributed by atoms with van der Waals surface area (Å²) in [6, 6.07) is 14.6. The summed E-state index contributed by atoms with van der Waals surface area (Å²) in [5.74, 6) is 1.77. The van der Waals surface area contributed by atoms with Crippen LogP contribution in [0.4, 0.5) is 5.69 Å². The first-order chi connectivity index (χ1) is 12.7. The standard InChI is InChI=1S/C19H24N4O3.HI/c1-20-19(23-15-9-10-16(25-2)17(13-15)26-3)22-12-11-21-18(24)14-7-5-4-6-8-14;/h4-10,13H,11-12H2,1-3H3,(H,21,24)(H2,20,22,23);1H. The number of halogens is 1. The summed E-state index contributed by atoms with van der Waals surface area (Å²) >= 11 is 0. The van der Waals surface area contributed by atoms with Crippen molar-refractivity contribution in [3.8, 4) is 11.5 Å². The van der Waals surface area contributed by atoms with Gasteiger partial charge in [-0.3, -0.25) is 9.79 Å². The third kappa shape index (κ3) is 6.97. The lowest BCUT2D eigenvalue weighted by atomic mass is 10.2. The first kappa shape index (κ1) is 22.6. The van der Waals surface area contributed by atoms with E-state index in [4.69, 9.17) is 9.47 Å². The quantitative estimate of drug-likeness (QED) is 0.244. The van der Waals surface area contributed by atoms with Gasteiger partial charge in [0.15, 0.2) is 17.5 Å². The van der Waals surface area contributed by atoms with Crippen molar-refractivity contribution in [2.45, 2.75) is 0 Å².